The Morgan fingerprint density at radius 1 is 1.43 bits per heavy atom. The number of carbonyl (C=O) groups is 1. The zero-order chi connectivity index (χ0) is 15.1. The zero-order valence-electron chi connectivity index (χ0n) is 12.8. The molecule has 2 N–H and O–H groups in total. The van der Waals surface area contributed by atoms with Crippen molar-refractivity contribution in [3.63, 3.8) is 0 Å². The molecule has 2 rings (SSSR count). The van der Waals surface area contributed by atoms with Crippen LogP contribution in [0.25, 0.3) is 0 Å². The van der Waals surface area contributed by atoms with Crippen LogP contribution in [0.5, 0.6) is 5.75 Å². The van der Waals surface area contributed by atoms with Gasteiger partial charge in [0.05, 0.1) is 19.8 Å². The minimum Gasteiger partial charge on any atom is -0.494 e. The van der Waals surface area contributed by atoms with Gasteiger partial charge >= 0.3 is 6.03 Å². The second-order valence-corrected chi connectivity index (χ2v) is 5.84. The number of amides is 2. The third-order valence-corrected chi connectivity index (χ3v) is 3.44. The van der Waals surface area contributed by atoms with E-state index in [1.54, 1.807) is 0 Å². The topological polar surface area (TPSA) is 59.6 Å². The lowest BCUT2D eigenvalue weighted by Crippen LogP contribution is -2.49. The van der Waals surface area contributed by atoms with Gasteiger partial charge in [-0.2, -0.15) is 0 Å². The summed E-state index contributed by atoms with van der Waals surface area (Å²) in [5, 5.41) is 5.70. The normalized spacial score (nSPS) is 15.9. The van der Waals surface area contributed by atoms with Crippen molar-refractivity contribution in [2.75, 3.05) is 31.7 Å². The molecule has 0 aromatic heterocycles. The Kier molecular flexibility index (Phi) is 5.44. The van der Waals surface area contributed by atoms with Crippen molar-refractivity contribution in [1.29, 1.82) is 0 Å². The maximum Gasteiger partial charge on any atom is 0.319 e. The Bertz CT molecular complexity index is 472. The molecule has 1 heterocycles. The molecular formula is C16H24N2O3. The van der Waals surface area contributed by atoms with E-state index in [0.29, 0.717) is 26.4 Å². The highest BCUT2D eigenvalue weighted by Gasteiger charge is 2.33. The van der Waals surface area contributed by atoms with E-state index in [2.05, 4.69) is 24.5 Å². The van der Waals surface area contributed by atoms with Crippen LogP contribution in [0.3, 0.4) is 0 Å². The molecule has 2 amide bonds. The van der Waals surface area contributed by atoms with Crippen LogP contribution in [0, 0.1) is 5.41 Å². The van der Waals surface area contributed by atoms with Crippen LogP contribution in [0.1, 0.15) is 26.7 Å². The average Bonchev–Trinajstić information content (AvgIpc) is 2.44. The number of hydrogen-bond donors (Lipinski definition) is 2. The molecule has 21 heavy (non-hydrogen) atoms. The van der Waals surface area contributed by atoms with Gasteiger partial charge in [-0.3, -0.25) is 0 Å². The molecule has 1 fully saturated rings. The highest BCUT2D eigenvalue weighted by molar-refractivity contribution is 5.89. The fourth-order valence-corrected chi connectivity index (χ4v) is 2.02. The SMILES string of the molecule is CCCCOc1cccc(NC(=O)NCC2(C)COC2)c1. The Labute approximate surface area is 126 Å². The molecule has 0 atom stereocenters. The molecule has 1 aromatic carbocycles. The van der Waals surface area contributed by atoms with Gasteiger partial charge in [0.1, 0.15) is 5.75 Å². The van der Waals surface area contributed by atoms with Crippen molar-refractivity contribution in [3.8, 4) is 5.75 Å². The standard InChI is InChI=1S/C16H24N2O3/c1-3-4-8-21-14-7-5-6-13(9-14)18-15(19)17-10-16(2)11-20-12-16/h5-7,9H,3-4,8,10-12H2,1-2H3,(H2,17,18,19). The Morgan fingerprint density at radius 3 is 2.90 bits per heavy atom. The van der Waals surface area contributed by atoms with Crippen LogP contribution >= 0.6 is 0 Å². The number of anilines is 1. The number of nitrogens with one attached hydrogen (secondary N) is 2. The molecule has 5 heteroatoms. The summed E-state index contributed by atoms with van der Waals surface area (Å²) in [7, 11) is 0. The largest absolute Gasteiger partial charge is 0.494 e. The second kappa shape index (κ2) is 7.31. The molecule has 5 nitrogen and oxygen atoms in total. The minimum atomic E-state index is -0.200. The molecule has 0 bridgehead atoms. The van der Waals surface area contributed by atoms with E-state index in [1.165, 1.54) is 0 Å². The maximum absolute atomic E-state index is 11.9. The second-order valence-electron chi connectivity index (χ2n) is 5.84. The molecule has 1 aromatic rings. The Balaban J connectivity index is 1.78. The van der Waals surface area contributed by atoms with Crippen molar-refractivity contribution in [1.82, 2.24) is 5.32 Å². The first kappa shape index (κ1) is 15.6. The first-order valence-electron chi connectivity index (χ1n) is 7.47. The van der Waals surface area contributed by atoms with E-state index < -0.39 is 0 Å². The van der Waals surface area contributed by atoms with Crippen molar-refractivity contribution < 1.29 is 14.3 Å². The molecule has 0 saturated carbocycles. The van der Waals surface area contributed by atoms with Gasteiger partial charge in [0, 0.05) is 23.7 Å². The molecule has 1 saturated heterocycles. The fraction of sp³-hybridized carbons (Fsp3) is 0.562. The van der Waals surface area contributed by atoms with Crippen LogP contribution < -0.4 is 15.4 Å². The van der Waals surface area contributed by atoms with Gasteiger partial charge in [-0.15, -0.1) is 0 Å². The molecule has 0 radical (unpaired) electrons. The number of ether oxygens (including phenoxy) is 2. The van der Waals surface area contributed by atoms with Crippen LogP contribution in [0.15, 0.2) is 24.3 Å². The zero-order valence-corrected chi connectivity index (χ0v) is 12.8. The third-order valence-electron chi connectivity index (χ3n) is 3.44. The lowest BCUT2D eigenvalue weighted by atomic mass is 9.89. The first-order valence-corrected chi connectivity index (χ1v) is 7.47. The van der Waals surface area contributed by atoms with Gasteiger partial charge in [0.2, 0.25) is 0 Å². The van der Waals surface area contributed by atoms with Gasteiger partial charge in [-0.25, -0.2) is 4.79 Å². The fourth-order valence-electron chi connectivity index (χ4n) is 2.02. The van der Waals surface area contributed by atoms with Crippen LogP contribution in [0.2, 0.25) is 0 Å². The summed E-state index contributed by atoms with van der Waals surface area (Å²) in [5.41, 5.74) is 0.805. The van der Waals surface area contributed by atoms with Crippen molar-refractivity contribution in [2.24, 2.45) is 5.41 Å². The molecule has 0 spiro atoms. The van der Waals surface area contributed by atoms with Crippen molar-refractivity contribution >= 4 is 11.7 Å². The Hall–Kier alpha value is -1.75. The number of carbonyl (C=O) groups excluding carboxylic acids is 1. The summed E-state index contributed by atoms with van der Waals surface area (Å²) in [6, 6.07) is 7.25. The predicted octanol–water partition coefficient (Wildman–Crippen LogP) is 3.02. The smallest absolute Gasteiger partial charge is 0.319 e. The molecule has 0 unspecified atom stereocenters. The van der Waals surface area contributed by atoms with Gasteiger partial charge < -0.3 is 20.1 Å². The molecule has 0 aliphatic carbocycles. The quantitative estimate of drug-likeness (QED) is 0.759. The molecule has 1 aliphatic rings. The van der Waals surface area contributed by atoms with Crippen molar-refractivity contribution in [2.45, 2.75) is 26.7 Å². The summed E-state index contributed by atoms with van der Waals surface area (Å²) in [4.78, 5) is 11.9. The van der Waals surface area contributed by atoms with E-state index in [-0.39, 0.29) is 11.4 Å². The summed E-state index contributed by atoms with van der Waals surface area (Å²) >= 11 is 0. The van der Waals surface area contributed by atoms with E-state index in [4.69, 9.17) is 9.47 Å². The summed E-state index contributed by atoms with van der Waals surface area (Å²) in [6.45, 7) is 6.94. The minimum absolute atomic E-state index is 0.0719. The lowest BCUT2D eigenvalue weighted by molar-refractivity contribution is -0.0974. The monoisotopic (exact) mass is 292 g/mol. The number of hydrogen-bond acceptors (Lipinski definition) is 3. The van der Waals surface area contributed by atoms with E-state index in [1.807, 2.05) is 24.3 Å². The maximum atomic E-state index is 11.9. The van der Waals surface area contributed by atoms with E-state index in [9.17, 15) is 4.79 Å². The summed E-state index contributed by atoms with van der Waals surface area (Å²) < 4.78 is 10.8. The van der Waals surface area contributed by atoms with Gasteiger partial charge in [0.15, 0.2) is 0 Å². The average molecular weight is 292 g/mol. The predicted molar refractivity (Wildman–Crippen MR) is 82.8 cm³/mol. The highest BCUT2D eigenvalue weighted by Crippen LogP contribution is 2.25. The van der Waals surface area contributed by atoms with Crippen LogP contribution in [-0.4, -0.2) is 32.4 Å². The van der Waals surface area contributed by atoms with Gasteiger partial charge in [0.25, 0.3) is 0 Å². The highest BCUT2D eigenvalue weighted by atomic mass is 16.5. The van der Waals surface area contributed by atoms with Crippen LogP contribution in [-0.2, 0) is 4.74 Å². The molecular weight excluding hydrogens is 268 g/mol. The Morgan fingerprint density at radius 2 is 2.24 bits per heavy atom. The number of unbranched alkanes of at least 4 members (excludes halogenated alkanes) is 1. The van der Waals surface area contributed by atoms with E-state index in [0.717, 1.165) is 24.3 Å². The molecule has 116 valence electrons. The molecule has 1 aliphatic heterocycles. The number of rotatable bonds is 7. The van der Waals surface area contributed by atoms with Gasteiger partial charge in [-0.05, 0) is 18.6 Å². The first-order chi connectivity index (χ1) is 10.1. The number of urea groups is 1. The lowest BCUT2D eigenvalue weighted by Gasteiger charge is -2.37. The number of benzene rings is 1. The third kappa shape index (κ3) is 4.93. The van der Waals surface area contributed by atoms with Crippen molar-refractivity contribution in [3.05, 3.63) is 24.3 Å². The summed E-state index contributed by atoms with van der Waals surface area (Å²) in [6.07, 6.45) is 2.13. The van der Waals surface area contributed by atoms with Gasteiger partial charge in [-0.1, -0.05) is 26.3 Å². The van der Waals surface area contributed by atoms with E-state index >= 15 is 0 Å². The van der Waals surface area contributed by atoms with Crippen LogP contribution in [0.4, 0.5) is 10.5 Å². The summed E-state index contributed by atoms with van der Waals surface area (Å²) in [5.74, 6) is 0.778.